The van der Waals surface area contributed by atoms with E-state index in [-0.39, 0.29) is 50.4 Å². The number of halogens is 3. The molecule has 0 saturated carbocycles. The number of pyridine rings is 1. The maximum absolute atomic E-state index is 15.2. The van der Waals surface area contributed by atoms with Gasteiger partial charge in [-0.3, -0.25) is 4.79 Å². The number of hydrogen-bond acceptors (Lipinski definition) is 4. The van der Waals surface area contributed by atoms with E-state index in [1.54, 1.807) is 55.1 Å². The number of aryl methyl sites for hydroxylation is 1. The van der Waals surface area contributed by atoms with Crippen molar-refractivity contribution in [2.75, 3.05) is 5.75 Å². The predicted octanol–water partition coefficient (Wildman–Crippen LogP) is 6.15. The van der Waals surface area contributed by atoms with Crippen LogP contribution in [-0.2, 0) is 49.8 Å². The third kappa shape index (κ3) is 5.64. The molecule has 0 amide bonds. The number of benzene rings is 2. The molecule has 0 atom stereocenters. The van der Waals surface area contributed by atoms with E-state index in [9.17, 15) is 17.6 Å². The van der Waals surface area contributed by atoms with Gasteiger partial charge in [-0.15, -0.1) is 0 Å². The van der Waals surface area contributed by atoms with Gasteiger partial charge in [0.05, 0.1) is 15.6 Å². The molecule has 11 heteroatoms. The first-order valence-corrected chi connectivity index (χ1v) is 12.3. The first-order valence-electron chi connectivity index (χ1n) is 10.3. The molecule has 0 fully saturated rings. The minimum atomic E-state index is -3.97. The van der Waals surface area contributed by atoms with Crippen molar-refractivity contribution < 1.29 is 54.7 Å². The van der Waals surface area contributed by atoms with Crippen molar-refractivity contribution in [1.82, 2.24) is 9.55 Å². The molecule has 179 valence electrons. The second-order valence-electron chi connectivity index (χ2n) is 7.72. The van der Waals surface area contributed by atoms with E-state index in [0.717, 1.165) is 17.7 Å². The zero-order chi connectivity index (χ0) is 24.6. The summed E-state index contributed by atoms with van der Waals surface area (Å²) < 4.78 is 58.9. The number of fused-ring (bicyclic) bond motifs is 1. The van der Waals surface area contributed by atoms with Crippen LogP contribution < -0.4 is 0 Å². The monoisotopic (exact) mass is 591 g/mol. The summed E-state index contributed by atoms with van der Waals surface area (Å²) in [5, 5.41) is 0.949. The molecule has 2 heterocycles. The molecule has 1 radical (unpaired) electrons. The molecule has 0 spiro atoms. The summed E-state index contributed by atoms with van der Waals surface area (Å²) in [5.74, 6) is -3.69. The molecule has 0 aliphatic carbocycles. The Morgan fingerprint density at radius 1 is 1.11 bits per heavy atom. The zero-order valence-corrected chi connectivity index (χ0v) is 23.2. The Morgan fingerprint density at radius 3 is 2.46 bits per heavy atom. The van der Waals surface area contributed by atoms with Gasteiger partial charge in [0, 0.05) is 79.4 Å². The number of aromatic nitrogens is 2. The normalized spacial score (nSPS) is 11.3. The average Bonchev–Trinajstić information content (AvgIpc) is 3.12. The predicted molar refractivity (Wildman–Crippen MR) is 128 cm³/mol. The molecule has 6 nitrogen and oxygen atoms in total. The molecule has 0 aliphatic rings. The quantitative estimate of drug-likeness (QED) is 0.242. The van der Waals surface area contributed by atoms with Crippen LogP contribution >= 0.6 is 11.6 Å². The van der Waals surface area contributed by atoms with Crippen LogP contribution in [0, 0.1) is 11.6 Å². The van der Waals surface area contributed by atoms with Crippen LogP contribution in [0.1, 0.15) is 29.3 Å². The van der Waals surface area contributed by atoms with Crippen LogP contribution in [0.25, 0.3) is 26.9 Å². The molecule has 4 aromatic rings. The van der Waals surface area contributed by atoms with Crippen molar-refractivity contribution in [2.45, 2.75) is 13.3 Å². The fourth-order valence-corrected chi connectivity index (χ4v) is 4.82. The summed E-state index contributed by atoms with van der Waals surface area (Å²) in [5.41, 5.74) is 0.441. The number of sulfonamides is 1. The molecular weight excluding hydrogens is 573 g/mol. The van der Waals surface area contributed by atoms with E-state index in [1.807, 2.05) is 0 Å². The Bertz CT molecular complexity index is 1520. The van der Waals surface area contributed by atoms with E-state index in [4.69, 9.17) is 11.6 Å². The summed E-state index contributed by atoms with van der Waals surface area (Å²) in [4.78, 5) is 17.7. The maximum Gasteiger partial charge on any atom is 0.201 e. The molecule has 4 rings (SSSR count). The summed E-state index contributed by atoms with van der Waals surface area (Å²) in [7, 11) is -2.31. The fourth-order valence-electron chi connectivity index (χ4n) is 3.65. The SMILES string of the molecule is CCCS(=O)(=O)[N-]c1ccc(F)c(C(=O)c2cn(C)c3ncc(-c4ccc(Cl)cc4)cc23)c1F.[Y]. The minimum absolute atomic E-state index is 0. The van der Waals surface area contributed by atoms with Gasteiger partial charge >= 0.3 is 0 Å². The van der Waals surface area contributed by atoms with Crippen LogP contribution in [-0.4, -0.2) is 29.5 Å². The summed E-state index contributed by atoms with van der Waals surface area (Å²) >= 11 is 5.95. The summed E-state index contributed by atoms with van der Waals surface area (Å²) in [6.07, 6.45) is 3.33. The Labute approximate surface area is 231 Å². The smallest absolute Gasteiger partial charge is 0.201 e. The third-order valence-corrected chi connectivity index (χ3v) is 6.88. The zero-order valence-electron chi connectivity index (χ0n) is 18.8. The molecular formula is C24H19ClF2N3O3SY-. The second kappa shape index (κ2) is 10.8. The topological polar surface area (TPSA) is 83.1 Å². The third-order valence-electron chi connectivity index (χ3n) is 5.23. The van der Waals surface area contributed by atoms with Crippen LogP contribution in [0.15, 0.2) is 54.9 Å². The van der Waals surface area contributed by atoms with Crippen molar-refractivity contribution >= 4 is 44.1 Å². The summed E-state index contributed by atoms with van der Waals surface area (Å²) in [6, 6.07) is 10.4. The molecule has 0 bridgehead atoms. The largest absolute Gasteiger partial charge is 0.574 e. The van der Waals surface area contributed by atoms with E-state index < -0.39 is 38.7 Å². The Morgan fingerprint density at radius 2 is 1.80 bits per heavy atom. The average molecular weight is 592 g/mol. The van der Waals surface area contributed by atoms with E-state index in [0.29, 0.717) is 21.6 Å². The van der Waals surface area contributed by atoms with E-state index >= 15 is 4.39 Å². The molecule has 0 aliphatic heterocycles. The van der Waals surface area contributed by atoms with Gasteiger partial charge in [0.1, 0.15) is 17.3 Å². The molecule has 2 aromatic carbocycles. The molecule has 0 unspecified atom stereocenters. The van der Waals surface area contributed by atoms with Gasteiger partial charge in [0.25, 0.3) is 0 Å². The molecule has 35 heavy (non-hydrogen) atoms. The number of carbonyl (C=O) groups is 1. The maximum atomic E-state index is 15.2. The van der Waals surface area contributed by atoms with E-state index in [2.05, 4.69) is 9.71 Å². The molecule has 0 saturated heterocycles. The van der Waals surface area contributed by atoms with Crippen molar-refractivity contribution in [3.05, 3.63) is 87.4 Å². The van der Waals surface area contributed by atoms with Crippen molar-refractivity contribution in [3.8, 4) is 11.1 Å². The number of nitrogens with zero attached hydrogens (tertiary/aromatic N) is 3. The van der Waals surface area contributed by atoms with Gasteiger partial charge in [-0.25, -0.2) is 22.2 Å². The van der Waals surface area contributed by atoms with Gasteiger partial charge in [-0.2, -0.15) is 0 Å². The first-order chi connectivity index (χ1) is 16.1. The van der Waals surface area contributed by atoms with Gasteiger partial charge in [-0.05, 0) is 36.2 Å². The van der Waals surface area contributed by atoms with Crippen molar-refractivity contribution in [3.63, 3.8) is 0 Å². The second-order valence-corrected chi connectivity index (χ2v) is 9.91. The number of carbonyl (C=O) groups excluding carboxylic acids is 1. The first kappa shape index (κ1) is 27.4. The fraction of sp³-hybridized carbons (Fsp3) is 0.167. The summed E-state index contributed by atoms with van der Waals surface area (Å²) in [6.45, 7) is 1.63. The number of rotatable bonds is 7. The van der Waals surface area contributed by atoms with E-state index in [1.165, 1.54) is 6.20 Å². The Hall–Kier alpha value is -2.20. The van der Waals surface area contributed by atoms with Crippen molar-refractivity contribution in [2.24, 2.45) is 7.05 Å². The van der Waals surface area contributed by atoms with Crippen LogP contribution in [0.5, 0.6) is 0 Å². The Balaban J connectivity index is 0.00000342. The van der Waals surface area contributed by atoms with Crippen LogP contribution in [0.4, 0.5) is 14.5 Å². The standard InChI is InChI=1S/C24H19ClF2N3O3S.Y/c1-3-10-34(32,33)29-20-9-8-19(26)21(22(20)27)23(31)18-13-30(2)24-17(18)11-15(12-28-24)14-4-6-16(25)7-5-14;/h4-9,11-13H,3,10H2,1-2H3;/q-1;. The number of ketones is 1. The molecule has 2 aromatic heterocycles. The van der Waals surface area contributed by atoms with Gasteiger partial charge in [-0.1, -0.05) is 42.4 Å². The van der Waals surface area contributed by atoms with Crippen molar-refractivity contribution in [1.29, 1.82) is 0 Å². The minimum Gasteiger partial charge on any atom is -0.574 e. The Kier molecular flexibility index (Phi) is 8.47. The van der Waals surface area contributed by atoms with Gasteiger partial charge < -0.3 is 9.29 Å². The van der Waals surface area contributed by atoms with Crippen LogP contribution in [0.2, 0.25) is 5.02 Å². The van der Waals surface area contributed by atoms with Gasteiger partial charge in [0.15, 0.2) is 0 Å². The van der Waals surface area contributed by atoms with Gasteiger partial charge in [0.2, 0.25) is 5.78 Å². The number of hydrogen-bond donors (Lipinski definition) is 0. The molecule has 0 N–H and O–H groups in total. The van der Waals surface area contributed by atoms with Crippen LogP contribution in [0.3, 0.4) is 0 Å².